The Morgan fingerprint density at radius 1 is 1.15 bits per heavy atom. The Morgan fingerprint density at radius 3 is 2.40 bits per heavy atom. The number of aromatic nitrogens is 1. The number of hydrogen-bond donors (Lipinski definition) is 2. The lowest BCUT2D eigenvalue weighted by atomic mass is 10.1. The summed E-state index contributed by atoms with van der Waals surface area (Å²) in [6.45, 7) is 0. The lowest BCUT2D eigenvalue weighted by Gasteiger charge is -2.07. The van der Waals surface area contributed by atoms with Crippen molar-refractivity contribution in [3.8, 4) is 6.07 Å². The number of amides is 1. The van der Waals surface area contributed by atoms with Crippen LogP contribution < -0.4 is 5.32 Å². The van der Waals surface area contributed by atoms with Gasteiger partial charge in [-0.05, 0) is 24.3 Å². The van der Waals surface area contributed by atoms with Crippen LogP contribution in [0.15, 0.2) is 42.6 Å². The summed E-state index contributed by atoms with van der Waals surface area (Å²) in [7, 11) is 0. The predicted octanol–water partition coefficient (Wildman–Crippen LogP) is 1.90. The van der Waals surface area contributed by atoms with Gasteiger partial charge >= 0.3 is 5.97 Å². The highest BCUT2D eigenvalue weighted by Crippen LogP contribution is 2.12. The average molecular weight is 267 g/mol. The first-order valence-electron chi connectivity index (χ1n) is 5.61. The van der Waals surface area contributed by atoms with Crippen molar-refractivity contribution in [2.24, 2.45) is 0 Å². The zero-order valence-corrected chi connectivity index (χ0v) is 10.2. The molecule has 0 spiro atoms. The number of nitrogens with zero attached hydrogens (tertiary/aromatic N) is 2. The van der Waals surface area contributed by atoms with Crippen molar-refractivity contribution in [1.82, 2.24) is 4.98 Å². The van der Waals surface area contributed by atoms with Crippen LogP contribution in [0.4, 0.5) is 5.69 Å². The molecule has 0 fully saturated rings. The molecule has 6 heteroatoms. The second-order valence-corrected chi connectivity index (χ2v) is 3.85. The number of carbonyl (C=O) groups is 2. The first-order valence-corrected chi connectivity index (χ1v) is 5.61. The highest BCUT2D eigenvalue weighted by atomic mass is 16.4. The van der Waals surface area contributed by atoms with E-state index in [4.69, 9.17) is 10.4 Å². The van der Waals surface area contributed by atoms with E-state index in [1.54, 1.807) is 12.1 Å². The van der Waals surface area contributed by atoms with Crippen LogP contribution in [0.25, 0.3) is 0 Å². The molecule has 20 heavy (non-hydrogen) atoms. The van der Waals surface area contributed by atoms with E-state index in [1.165, 1.54) is 30.5 Å². The monoisotopic (exact) mass is 267 g/mol. The Hall–Kier alpha value is -3.20. The van der Waals surface area contributed by atoms with Gasteiger partial charge in [-0.3, -0.25) is 4.79 Å². The molecule has 2 rings (SSSR count). The van der Waals surface area contributed by atoms with Gasteiger partial charge in [-0.2, -0.15) is 5.26 Å². The van der Waals surface area contributed by atoms with Gasteiger partial charge in [0.1, 0.15) is 11.8 Å². The van der Waals surface area contributed by atoms with Crippen molar-refractivity contribution in [1.29, 1.82) is 5.26 Å². The number of pyridine rings is 1. The molecule has 0 aliphatic heterocycles. The molecule has 0 aliphatic rings. The van der Waals surface area contributed by atoms with Crippen molar-refractivity contribution in [2.45, 2.75) is 0 Å². The fourth-order valence-electron chi connectivity index (χ4n) is 1.60. The molecule has 0 unspecified atom stereocenters. The number of carboxylic acids is 1. The first-order chi connectivity index (χ1) is 9.61. The molecule has 1 aromatic carbocycles. The maximum atomic E-state index is 12.0. The molecule has 1 heterocycles. The van der Waals surface area contributed by atoms with Gasteiger partial charge in [0, 0.05) is 0 Å². The number of hydrogen-bond acceptors (Lipinski definition) is 4. The third-order valence-corrected chi connectivity index (χ3v) is 2.54. The standard InChI is InChI=1S/C14H9N3O3/c15-7-9-5-6-10(8-16-9)17-13(18)11-3-1-2-4-12(11)14(19)20/h1-6,8H,(H,17,18)(H,19,20). The third kappa shape index (κ3) is 2.79. The summed E-state index contributed by atoms with van der Waals surface area (Å²) in [5.74, 6) is -1.72. The Labute approximate surface area is 114 Å². The van der Waals surface area contributed by atoms with Crippen molar-refractivity contribution in [2.75, 3.05) is 5.32 Å². The second kappa shape index (κ2) is 5.63. The van der Waals surface area contributed by atoms with Gasteiger partial charge < -0.3 is 10.4 Å². The van der Waals surface area contributed by atoms with Gasteiger partial charge in [0.25, 0.3) is 5.91 Å². The summed E-state index contributed by atoms with van der Waals surface area (Å²) in [5.41, 5.74) is 0.596. The molecule has 0 atom stereocenters. The molecule has 0 aliphatic carbocycles. The maximum absolute atomic E-state index is 12.0. The Balaban J connectivity index is 2.24. The molecule has 1 aromatic heterocycles. The molecule has 0 saturated carbocycles. The molecule has 6 nitrogen and oxygen atoms in total. The number of benzene rings is 1. The van der Waals surface area contributed by atoms with E-state index in [-0.39, 0.29) is 16.8 Å². The lowest BCUT2D eigenvalue weighted by Crippen LogP contribution is -2.16. The van der Waals surface area contributed by atoms with Crippen LogP contribution in [-0.4, -0.2) is 22.0 Å². The second-order valence-electron chi connectivity index (χ2n) is 3.85. The predicted molar refractivity (Wildman–Crippen MR) is 70.3 cm³/mol. The number of aromatic carboxylic acids is 1. The Kier molecular flexibility index (Phi) is 3.72. The fourth-order valence-corrected chi connectivity index (χ4v) is 1.60. The van der Waals surface area contributed by atoms with Crippen LogP contribution in [0.1, 0.15) is 26.4 Å². The lowest BCUT2D eigenvalue weighted by molar-refractivity contribution is 0.0692. The van der Waals surface area contributed by atoms with E-state index in [2.05, 4.69) is 10.3 Å². The molecule has 98 valence electrons. The van der Waals surface area contributed by atoms with Gasteiger partial charge in [0.2, 0.25) is 0 Å². The van der Waals surface area contributed by atoms with E-state index in [0.717, 1.165) is 0 Å². The number of nitriles is 1. The highest BCUT2D eigenvalue weighted by molar-refractivity contribution is 6.10. The quantitative estimate of drug-likeness (QED) is 0.884. The molecular formula is C14H9N3O3. The Bertz CT molecular complexity index is 702. The minimum absolute atomic E-state index is 0.0596. The van der Waals surface area contributed by atoms with Gasteiger partial charge in [0.05, 0.1) is 23.0 Å². The Morgan fingerprint density at radius 2 is 1.85 bits per heavy atom. The summed E-state index contributed by atoms with van der Waals surface area (Å²) in [6, 6.07) is 10.7. The summed E-state index contributed by atoms with van der Waals surface area (Å²) >= 11 is 0. The first kappa shape index (κ1) is 13.2. The van der Waals surface area contributed by atoms with Crippen LogP contribution in [0.2, 0.25) is 0 Å². The number of nitrogens with one attached hydrogen (secondary N) is 1. The number of rotatable bonds is 3. The summed E-state index contributed by atoms with van der Waals surface area (Å²) in [6.07, 6.45) is 1.33. The normalized spacial score (nSPS) is 9.55. The van der Waals surface area contributed by atoms with Crippen LogP contribution in [0, 0.1) is 11.3 Å². The topological polar surface area (TPSA) is 103 Å². The zero-order valence-electron chi connectivity index (χ0n) is 10.2. The summed E-state index contributed by atoms with van der Waals surface area (Å²) in [4.78, 5) is 26.9. The van der Waals surface area contributed by atoms with Crippen molar-refractivity contribution in [3.63, 3.8) is 0 Å². The van der Waals surface area contributed by atoms with Crippen molar-refractivity contribution >= 4 is 17.6 Å². The van der Waals surface area contributed by atoms with Gasteiger partial charge in [0.15, 0.2) is 0 Å². The molecule has 2 aromatic rings. The fraction of sp³-hybridized carbons (Fsp3) is 0. The third-order valence-electron chi connectivity index (χ3n) is 2.54. The van der Waals surface area contributed by atoms with Crippen LogP contribution >= 0.6 is 0 Å². The van der Waals surface area contributed by atoms with Crippen LogP contribution in [0.3, 0.4) is 0 Å². The molecule has 2 N–H and O–H groups in total. The van der Waals surface area contributed by atoms with E-state index in [9.17, 15) is 9.59 Å². The number of anilines is 1. The molecule has 0 radical (unpaired) electrons. The molecule has 0 bridgehead atoms. The van der Waals surface area contributed by atoms with Gasteiger partial charge in [-0.15, -0.1) is 0 Å². The van der Waals surface area contributed by atoms with E-state index >= 15 is 0 Å². The zero-order chi connectivity index (χ0) is 14.5. The number of carboxylic acid groups (broad SMARTS) is 1. The van der Waals surface area contributed by atoms with E-state index in [1.807, 2.05) is 6.07 Å². The average Bonchev–Trinajstić information content (AvgIpc) is 2.48. The maximum Gasteiger partial charge on any atom is 0.336 e. The molecule has 0 saturated heterocycles. The molecular weight excluding hydrogens is 258 g/mol. The largest absolute Gasteiger partial charge is 0.478 e. The van der Waals surface area contributed by atoms with Crippen molar-refractivity contribution in [3.05, 3.63) is 59.4 Å². The summed E-state index contributed by atoms with van der Waals surface area (Å²) in [5, 5.41) is 20.2. The molecule has 1 amide bonds. The van der Waals surface area contributed by atoms with Gasteiger partial charge in [-0.1, -0.05) is 12.1 Å². The SMILES string of the molecule is N#Cc1ccc(NC(=O)c2ccccc2C(=O)O)cn1. The number of carbonyl (C=O) groups excluding carboxylic acids is 1. The highest BCUT2D eigenvalue weighted by Gasteiger charge is 2.15. The van der Waals surface area contributed by atoms with E-state index < -0.39 is 11.9 Å². The minimum atomic E-state index is -1.17. The minimum Gasteiger partial charge on any atom is -0.478 e. The van der Waals surface area contributed by atoms with Gasteiger partial charge in [-0.25, -0.2) is 9.78 Å². The van der Waals surface area contributed by atoms with E-state index in [0.29, 0.717) is 5.69 Å². The van der Waals surface area contributed by atoms with Crippen molar-refractivity contribution < 1.29 is 14.7 Å². The summed E-state index contributed by atoms with van der Waals surface area (Å²) < 4.78 is 0. The van der Waals surface area contributed by atoms with Crippen LogP contribution in [-0.2, 0) is 0 Å². The smallest absolute Gasteiger partial charge is 0.336 e. The van der Waals surface area contributed by atoms with Crippen LogP contribution in [0.5, 0.6) is 0 Å².